The van der Waals surface area contributed by atoms with Crippen LogP contribution in [-0.4, -0.2) is 5.78 Å². The number of halogens is 1. The van der Waals surface area contributed by atoms with E-state index in [1.54, 1.807) is 0 Å². The third kappa shape index (κ3) is 1.68. The second kappa shape index (κ2) is 3.26. The highest BCUT2D eigenvalue weighted by Gasteiger charge is 2.37. The zero-order valence-corrected chi connectivity index (χ0v) is 8.88. The van der Waals surface area contributed by atoms with Crippen molar-refractivity contribution in [3.63, 3.8) is 0 Å². The minimum absolute atomic E-state index is 0.0780. The highest BCUT2D eigenvalue weighted by atomic mass is 79.9. The summed E-state index contributed by atoms with van der Waals surface area (Å²) in [4.78, 5) is 11.2. The second-order valence-electron chi connectivity index (χ2n) is 3.55. The van der Waals surface area contributed by atoms with Gasteiger partial charge in [0, 0.05) is 12.8 Å². The molecule has 1 nitrogen and oxygen atoms in total. The number of carbonyl (C=O) groups is 1. The van der Waals surface area contributed by atoms with E-state index < -0.39 is 0 Å². The molecule has 1 saturated carbocycles. The molecule has 1 fully saturated rings. The summed E-state index contributed by atoms with van der Waals surface area (Å²) in [5, 5.41) is 0. The number of rotatable bonds is 1. The van der Waals surface area contributed by atoms with Gasteiger partial charge in [0.1, 0.15) is 5.78 Å². The fraction of sp³-hybridized carbons (Fsp3) is 0.364. The maximum Gasteiger partial charge on any atom is 0.134 e. The summed E-state index contributed by atoms with van der Waals surface area (Å²) < 4.78 is -0.0780. The van der Waals surface area contributed by atoms with E-state index in [1.165, 1.54) is 5.56 Å². The lowest BCUT2D eigenvalue weighted by molar-refractivity contribution is -0.117. The van der Waals surface area contributed by atoms with Gasteiger partial charge in [0.05, 0.1) is 4.32 Å². The molecule has 68 valence electrons. The Morgan fingerprint density at radius 2 is 1.92 bits per heavy atom. The van der Waals surface area contributed by atoms with Gasteiger partial charge in [-0.2, -0.15) is 0 Å². The molecule has 1 aromatic rings. The first-order valence-electron chi connectivity index (χ1n) is 4.47. The number of benzene rings is 1. The van der Waals surface area contributed by atoms with Gasteiger partial charge in [0.25, 0.3) is 0 Å². The Morgan fingerprint density at radius 1 is 1.23 bits per heavy atom. The smallest absolute Gasteiger partial charge is 0.134 e. The molecule has 0 radical (unpaired) electrons. The maximum absolute atomic E-state index is 11.2. The van der Waals surface area contributed by atoms with E-state index in [0.29, 0.717) is 18.6 Å². The van der Waals surface area contributed by atoms with E-state index in [4.69, 9.17) is 0 Å². The van der Waals surface area contributed by atoms with Crippen LogP contribution in [0.5, 0.6) is 0 Å². The van der Waals surface area contributed by atoms with Crippen LogP contribution in [0, 0.1) is 0 Å². The average Bonchev–Trinajstić information content (AvgIpc) is 2.49. The Bertz CT molecular complexity index is 320. The van der Waals surface area contributed by atoms with Crippen LogP contribution in [0.25, 0.3) is 0 Å². The molecule has 0 heterocycles. The third-order valence-electron chi connectivity index (χ3n) is 2.57. The predicted molar refractivity (Wildman–Crippen MR) is 55.9 cm³/mol. The summed E-state index contributed by atoms with van der Waals surface area (Å²) in [5.41, 5.74) is 1.22. The van der Waals surface area contributed by atoms with Gasteiger partial charge in [-0.05, 0) is 12.0 Å². The summed E-state index contributed by atoms with van der Waals surface area (Å²) in [6.45, 7) is 0. The first-order valence-corrected chi connectivity index (χ1v) is 5.26. The fourth-order valence-corrected chi connectivity index (χ4v) is 2.59. The molecule has 1 unspecified atom stereocenters. The molecule has 0 aromatic heterocycles. The molecule has 1 aromatic carbocycles. The zero-order chi connectivity index (χ0) is 9.31. The van der Waals surface area contributed by atoms with Crippen LogP contribution in [0.2, 0.25) is 0 Å². The maximum atomic E-state index is 11.2. The van der Waals surface area contributed by atoms with Crippen LogP contribution < -0.4 is 0 Å². The molecule has 0 amide bonds. The minimum atomic E-state index is -0.0780. The summed E-state index contributed by atoms with van der Waals surface area (Å²) in [6, 6.07) is 10.2. The van der Waals surface area contributed by atoms with Crippen molar-refractivity contribution in [1.29, 1.82) is 0 Å². The first kappa shape index (κ1) is 8.95. The van der Waals surface area contributed by atoms with Gasteiger partial charge in [-0.15, -0.1) is 0 Å². The second-order valence-corrected chi connectivity index (χ2v) is 5.06. The highest BCUT2D eigenvalue weighted by molar-refractivity contribution is 9.09. The molecule has 2 rings (SSSR count). The van der Waals surface area contributed by atoms with Crippen molar-refractivity contribution in [3.05, 3.63) is 35.9 Å². The Morgan fingerprint density at radius 3 is 2.46 bits per heavy atom. The molecule has 1 atom stereocenters. The zero-order valence-electron chi connectivity index (χ0n) is 7.29. The summed E-state index contributed by atoms with van der Waals surface area (Å²) in [6.07, 6.45) is 2.27. The van der Waals surface area contributed by atoms with Crippen LogP contribution in [0.1, 0.15) is 24.8 Å². The molecule has 2 heteroatoms. The minimum Gasteiger partial charge on any atom is -0.300 e. The van der Waals surface area contributed by atoms with E-state index in [1.807, 2.05) is 18.2 Å². The van der Waals surface area contributed by atoms with Crippen molar-refractivity contribution in [3.8, 4) is 0 Å². The van der Waals surface area contributed by atoms with Crippen molar-refractivity contribution in [2.45, 2.75) is 23.6 Å². The molecule has 0 spiro atoms. The number of ketones is 1. The molecule has 1 aliphatic carbocycles. The van der Waals surface area contributed by atoms with Gasteiger partial charge in [-0.3, -0.25) is 4.79 Å². The van der Waals surface area contributed by atoms with Crippen molar-refractivity contribution in [2.75, 3.05) is 0 Å². The third-order valence-corrected chi connectivity index (χ3v) is 3.70. The molecule has 13 heavy (non-hydrogen) atoms. The van der Waals surface area contributed by atoms with E-state index in [-0.39, 0.29) is 4.32 Å². The van der Waals surface area contributed by atoms with Crippen LogP contribution >= 0.6 is 15.9 Å². The van der Waals surface area contributed by atoms with Crippen LogP contribution in [0.4, 0.5) is 0 Å². The van der Waals surface area contributed by atoms with Gasteiger partial charge >= 0.3 is 0 Å². The number of carbonyl (C=O) groups excluding carboxylic acids is 1. The Balaban J connectivity index is 2.31. The SMILES string of the molecule is O=C1CCC(Br)(c2ccccc2)C1. The van der Waals surface area contributed by atoms with Crippen LogP contribution in [-0.2, 0) is 9.12 Å². The lowest BCUT2D eigenvalue weighted by Crippen LogP contribution is -2.13. The van der Waals surface area contributed by atoms with E-state index in [2.05, 4.69) is 28.1 Å². The van der Waals surface area contributed by atoms with E-state index in [9.17, 15) is 4.79 Å². The normalized spacial score (nSPS) is 27.9. The largest absolute Gasteiger partial charge is 0.300 e. The number of alkyl halides is 1. The van der Waals surface area contributed by atoms with Crippen molar-refractivity contribution in [1.82, 2.24) is 0 Å². The molecule has 0 N–H and O–H groups in total. The van der Waals surface area contributed by atoms with Gasteiger partial charge in [0.15, 0.2) is 0 Å². The quantitative estimate of drug-likeness (QED) is 0.688. The molecular weight excluding hydrogens is 228 g/mol. The highest BCUT2D eigenvalue weighted by Crippen LogP contribution is 2.44. The van der Waals surface area contributed by atoms with Gasteiger partial charge in [-0.1, -0.05) is 46.3 Å². The summed E-state index contributed by atoms with van der Waals surface area (Å²) in [5.74, 6) is 0.362. The number of hydrogen-bond donors (Lipinski definition) is 0. The predicted octanol–water partition coefficient (Wildman–Crippen LogP) is 3.03. The van der Waals surface area contributed by atoms with Crippen molar-refractivity contribution < 1.29 is 4.79 Å². The van der Waals surface area contributed by atoms with E-state index in [0.717, 1.165) is 6.42 Å². The first-order chi connectivity index (χ1) is 6.21. The monoisotopic (exact) mass is 238 g/mol. The van der Waals surface area contributed by atoms with Gasteiger partial charge in [0.2, 0.25) is 0 Å². The molecular formula is C11H11BrO. The summed E-state index contributed by atoms with van der Waals surface area (Å²) in [7, 11) is 0. The number of hydrogen-bond acceptors (Lipinski definition) is 1. The Kier molecular flexibility index (Phi) is 2.24. The fourth-order valence-electron chi connectivity index (χ4n) is 1.81. The average molecular weight is 239 g/mol. The van der Waals surface area contributed by atoms with Crippen LogP contribution in [0.3, 0.4) is 0 Å². The van der Waals surface area contributed by atoms with Crippen molar-refractivity contribution in [2.24, 2.45) is 0 Å². The Labute approximate surface area is 86.3 Å². The lowest BCUT2D eigenvalue weighted by atomic mass is 9.98. The molecule has 0 saturated heterocycles. The topological polar surface area (TPSA) is 17.1 Å². The summed E-state index contributed by atoms with van der Waals surface area (Å²) >= 11 is 3.67. The van der Waals surface area contributed by atoms with E-state index >= 15 is 0 Å². The standard InChI is InChI=1S/C11H11BrO/c12-11(7-6-10(13)8-11)9-4-2-1-3-5-9/h1-5H,6-8H2. The Hall–Kier alpha value is -0.630. The molecule has 1 aliphatic rings. The molecule has 0 aliphatic heterocycles. The van der Waals surface area contributed by atoms with Crippen molar-refractivity contribution >= 4 is 21.7 Å². The van der Waals surface area contributed by atoms with Crippen LogP contribution in [0.15, 0.2) is 30.3 Å². The van der Waals surface area contributed by atoms with Gasteiger partial charge in [-0.25, -0.2) is 0 Å². The number of Topliss-reactive ketones (excluding diaryl/α,β-unsaturated/α-hetero) is 1. The lowest BCUT2D eigenvalue weighted by Gasteiger charge is -2.20. The molecule has 0 bridgehead atoms. The van der Waals surface area contributed by atoms with Gasteiger partial charge < -0.3 is 0 Å².